The Balaban J connectivity index is 2.57. The number of aromatic nitrogens is 4. The molecule has 84 valence electrons. The third kappa shape index (κ3) is 3.78. The van der Waals surface area contributed by atoms with Gasteiger partial charge in [0.2, 0.25) is 11.6 Å². The van der Waals surface area contributed by atoms with Crippen molar-refractivity contribution in [1.82, 2.24) is 20.2 Å². The highest BCUT2D eigenvalue weighted by atomic mass is 32.2. The van der Waals surface area contributed by atoms with E-state index < -0.39 is 18.1 Å². The van der Waals surface area contributed by atoms with Crippen LogP contribution in [0.1, 0.15) is 0 Å². The van der Waals surface area contributed by atoms with Crippen LogP contribution in [0.3, 0.4) is 0 Å². The predicted molar refractivity (Wildman–Crippen MR) is 46.6 cm³/mol. The van der Waals surface area contributed by atoms with Gasteiger partial charge in [0.15, 0.2) is 0 Å². The minimum Gasteiger partial charge on any atom is -0.468 e. The zero-order valence-corrected chi connectivity index (χ0v) is 8.58. The second-order valence-corrected chi connectivity index (χ2v) is 3.38. The summed E-state index contributed by atoms with van der Waals surface area (Å²) in [4.78, 5) is 10.9. The average molecular weight is 238 g/mol. The van der Waals surface area contributed by atoms with E-state index in [0.29, 0.717) is 0 Å². The van der Waals surface area contributed by atoms with Crippen molar-refractivity contribution in [3.63, 3.8) is 0 Å². The Morgan fingerprint density at radius 3 is 3.00 bits per heavy atom. The van der Waals surface area contributed by atoms with Gasteiger partial charge in [0.25, 0.3) is 0 Å². The first-order chi connectivity index (χ1) is 7.13. The maximum Gasteiger partial charge on any atom is 0.327 e. The molecule has 0 radical (unpaired) electrons. The van der Waals surface area contributed by atoms with E-state index in [1.54, 1.807) is 0 Å². The molecule has 0 saturated carbocycles. The fraction of sp³-hybridized carbons (Fsp3) is 0.667. The van der Waals surface area contributed by atoms with Gasteiger partial charge in [-0.1, -0.05) is 11.8 Å². The Kier molecular flexibility index (Phi) is 4.40. The summed E-state index contributed by atoms with van der Waals surface area (Å²) in [5, 5.41) is 10.4. The molecule has 15 heavy (non-hydrogen) atoms. The first-order valence-electron chi connectivity index (χ1n) is 3.87. The number of hydrogen-bond donors (Lipinski definition) is 0. The summed E-state index contributed by atoms with van der Waals surface area (Å²) in [5.74, 6) is -0.956. The molecule has 0 aliphatic rings. The summed E-state index contributed by atoms with van der Waals surface area (Å²) in [6.07, 6.45) is -2.45. The molecule has 0 bridgehead atoms. The van der Waals surface area contributed by atoms with Gasteiger partial charge in [-0.15, -0.1) is 5.10 Å². The van der Waals surface area contributed by atoms with Gasteiger partial charge >= 0.3 is 5.97 Å². The number of nitrogens with zero attached hydrogens (tertiary/aromatic N) is 4. The third-order valence-electron chi connectivity index (χ3n) is 1.34. The molecule has 1 heterocycles. The van der Waals surface area contributed by atoms with E-state index in [4.69, 9.17) is 0 Å². The van der Waals surface area contributed by atoms with Gasteiger partial charge in [-0.3, -0.25) is 4.79 Å². The van der Waals surface area contributed by atoms with Crippen LogP contribution in [0.2, 0.25) is 0 Å². The number of alkyl halides is 2. The highest BCUT2D eigenvalue weighted by Crippen LogP contribution is 2.16. The summed E-state index contributed by atoms with van der Waals surface area (Å²) in [5.41, 5.74) is 0. The molecule has 1 aromatic heterocycles. The summed E-state index contributed by atoms with van der Waals surface area (Å²) in [6.45, 7) is -0.185. The Bertz CT molecular complexity index is 333. The van der Waals surface area contributed by atoms with Crippen molar-refractivity contribution in [2.75, 3.05) is 12.9 Å². The second-order valence-electron chi connectivity index (χ2n) is 2.40. The number of halogens is 2. The van der Waals surface area contributed by atoms with Gasteiger partial charge in [-0.2, -0.15) is 0 Å². The standard InChI is InChI=1S/C6H8F2N4O2S/c1-14-5(13)2-12-6(9-10-11-12)15-3-4(7)8/h4H,2-3H2,1H3. The lowest BCUT2D eigenvalue weighted by Gasteiger charge is -2.01. The number of rotatable bonds is 5. The van der Waals surface area contributed by atoms with Crippen LogP contribution in [0.4, 0.5) is 8.78 Å². The Hall–Kier alpha value is -1.25. The van der Waals surface area contributed by atoms with Gasteiger partial charge in [0.05, 0.1) is 12.9 Å². The maximum atomic E-state index is 11.9. The fourth-order valence-corrected chi connectivity index (χ4v) is 1.34. The van der Waals surface area contributed by atoms with Crippen LogP contribution in [0, 0.1) is 0 Å². The van der Waals surface area contributed by atoms with Gasteiger partial charge < -0.3 is 4.74 Å². The minimum absolute atomic E-state index is 0.167. The van der Waals surface area contributed by atoms with Crippen LogP contribution in [-0.4, -0.2) is 45.5 Å². The van der Waals surface area contributed by atoms with Crippen LogP contribution in [0.25, 0.3) is 0 Å². The largest absolute Gasteiger partial charge is 0.468 e. The average Bonchev–Trinajstić information content (AvgIpc) is 2.62. The maximum absolute atomic E-state index is 11.9. The lowest BCUT2D eigenvalue weighted by Crippen LogP contribution is -2.14. The van der Waals surface area contributed by atoms with Crippen molar-refractivity contribution in [1.29, 1.82) is 0 Å². The smallest absolute Gasteiger partial charge is 0.327 e. The zero-order valence-electron chi connectivity index (χ0n) is 7.76. The van der Waals surface area contributed by atoms with Crippen LogP contribution in [-0.2, 0) is 16.1 Å². The normalized spacial score (nSPS) is 10.7. The molecule has 0 aliphatic carbocycles. The van der Waals surface area contributed by atoms with Gasteiger partial charge in [-0.05, 0) is 10.4 Å². The lowest BCUT2D eigenvalue weighted by atomic mass is 10.7. The molecular weight excluding hydrogens is 230 g/mol. The first-order valence-corrected chi connectivity index (χ1v) is 4.86. The van der Waals surface area contributed by atoms with Crippen molar-refractivity contribution >= 4 is 17.7 Å². The summed E-state index contributed by atoms with van der Waals surface area (Å²) >= 11 is 0.783. The SMILES string of the molecule is COC(=O)Cn1nnnc1SCC(F)F. The van der Waals surface area contributed by atoms with E-state index in [9.17, 15) is 13.6 Å². The topological polar surface area (TPSA) is 69.9 Å². The number of ether oxygens (including phenoxy) is 1. The van der Waals surface area contributed by atoms with Crippen molar-refractivity contribution in [3.8, 4) is 0 Å². The molecule has 0 aromatic carbocycles. The summed E-state index contributed by atoms with van der Waals surface area (Å²) in [6, 6.07) is 0. The summed E-state index contributed by atoms with van der Waals surface area (Å²) in [7, 11) is 1.22. The molecule has 1 aromatic rings. The molecule has 0 atom stereocenters. The number of hydrogen-bond acceptors (Lipinski definition) is 6. The minimum atomic E-state index is -2.45. The first kappa shape index (κ1) is 11.8. The fourth-order valence-electron chi connectivity index (χ4n) is 0.723. The molecule has 0 unspecified atom stereocenters. The quantitative estimate of drug-likeness (QED) is 0.539. The molecule has 1 rings (SSSR count). The number of tetrazole rings is 1. The Morgan fingerprint density at radius 2 is 2.40 bits per heavy atom. The van der Waals surface area contributed by atoms with E-state index in [-0.39, 0.29) is 11.7 Å². The third-order valence-corrected chi connectivity index (χ3v) is 2.31. The molecule has 0 saturated heterocycles. The number of carbonyl (C=O) groups is 1. The van der Waals surface area contributed by atoms with Crippen LogP contribution in [0.15, 0.2) is 5.16 Å². The molecule has 9 heteroatoms. The van der Waals surface area contributed by atoms with E-state index in [0.717, 1.165) is 16.4 Å². The zero-order chi connectivity index (χ0) is 11.3. The second kappa shape index (κ2) is 5.59. The van der Waals surface area contributed by atoms with Gasteiger partial charge in [0, 0.05) is 0 Å². The van der Waals surface area contributed by atoms with Crippen molar-refractivity contribution in [3.05, 3.63) is 0 Å². The highest BCUT2D eigenvalue weighted by molar-refractivity contribution is 7.99. The predicted octanol–water partition coefficient (Wildman–Crippen LogP) is 0.203. The monoisotopic (exact) mass is 238 g/mol. The molecule has 0 amide bonds. The molecule has 0 aliphatic heterocycles. The number of methoxy groups -OCH3 is 1. The molecular formula is C6H8F2N4O2S. The van der Waals surface area contributed by atoms with Crippen molar-refractivity contribution in [2.24, 2.45) is 0 Å². The van der Waals surface area contributed by atoms with Crippen LogP contribution < -0.4 is 0 Å². The number of esters is 1. The van der Waals surface area contributed by atoms with Crippen molar-refractivity contribution in [2.45, 2.75) is 18.1 Å². The highest BCUT2D eigenvalue weighted by Gasteiger charge is 2.13. The lowest BCUT2D eigenvalue weighted by molar-refractivity contribution is -0.141. The van der Waals surface area contributed by atoms with E-state index in [1.807, 2.05) is 0 Å². The van der Waals surface area contributed by atoms with Crippen molar-refractivity contribution < 1.29 is 18.3 Å². The van der Waals surface area contributed by atoms with E-state index in [2.05, 4.69) is 20.3 Å². The number of thioether (sulfide) groups is 1. The molecule has 0 spiro atoms. The molecule has 6 nitrogen and oxygen atoms in total. The molecule has 0 N–H and O–H groups in total. The van der Waals surface area contributed by atoms with Crippen LogP contribution >= 0.6 is 11.8 Å². The van der Waals surface area contributed by atoms with Crippen LogP contribution in [0.5, 0.6) is 0 Å². The Labute approximate surface area is 88.0 Å². The van der Waals surface area contributed by atoms with E-state index >= 15 is 0 Å². The molecule has 0 fully saturated rings. The number of carbonyl (C=O) groups excluding carboxylic acids is 1. The van der Waals surface area contributed by atoms with Gasteiger partial charge in [-0.25, -0.2) is 13.5 Å². The van der Waals surface area contributed by atoms with E-state index in [1.165, 1.54) is 7.11 Å². The van der Waals surface area contributed by atoms with Gasteiger partial charge in [0.1, 0.15) is 6.54 Å². The summed E-state index contributed by atoms with van der Waals surface area (Å²) < 4.78 is 29.3. The Morgan fingerprint density at radius 1 is 1.67 bits per heavy atom.